The van der Waals surface area contributed by atoms with Crippen molar-refractivity contribution in [2.24, 2.45) is 0 Å². The largest absolute Gasteiger partial charge is 0.576 e. The molecule has 170 valence electrons. The number of hydrogen-bond acceptors (Lipinski definition) is 6. The number of nitrogens with one attached hydrogen (secondary N) is 2. The molecule has 2 N–H and O–H groups in total. The summed E-state index contributed by atoms with van der Waals surface area (Å²) in [7, 11) is -7.36. The van der Waals surface area contributed by atoms with Crippen molar-refractivity contribution >= 4 is 27.7 Å². The lowest BCUT2D eigenvalue weighted by atomic mass is 10.1. The van der Waals surface area contributed by atoms with E-state index in [1.54, 1.807) is 41.5 Å². The molecule has 0 fully saturated rings. The molecule has 2 aromatic carbocycles. The standard InChI is InChI=1S/C20H29BN2O6S2/c1-19(2,3)22-30(24,25)17-11-7-15(8-12-17)28-21-29-16-9-13-18(14-10-16)31(26,27)23-20(4,5)6/h7-14,21-23H,1-6H3. The molecule has 0 unspecified atom stereocenters. The van der Waals surface area contributed by atoms with Crippen LogP contribution in [0.25, 0.3) is 0 Å². The summed E-state index contributed by atoms with van der Waals surface area (Å²) in [5.41, 5.74) is -1.17. The summed E-state index contributed by atoms with van der Waals surface area (Å²) >= 11 is 0. The third-order valence-electron chi connectivity index (χ3n) is 3.60. The van der Waals surface area contributed by atoms with Crippen molar-refractivity contribution in [3.63, 3.8) is 0 Å². The first-order valence-electron chi connectivity index (χ1n) is 9.61. The molecule has 0 heterocycles. The molecule has 0 radical (unpaired) electrons. The fraction of sp³-hybridized carbons (Fsp3) is 0.400. The minimum Gasteiger partial charge on any atom is -0.529 e. The maximum absolute atomic E-state index is 12.3. The summed E-state index contributed by atoms with van der Waals surface area (Å²) in [4.78, 5) is 0.271. The molecular weight excluding hydrogens is 439 g/mol. The fourth-order valence-electron chi connectivity index (χ4n) is 2.52. The van der Waals surface area contributed by atoms with E-state index >= 15 is 0 Å². The first-order chi connectivity index (χ1) is 14.1. The second kappa shape index (κ2) is 9.19. The van der Waals surface area contributed by atoms with Crippen molar-refractivity contribution in [2.75, 3.05) is 0 Å². The molecule has 0 aliphatic rings. The highest BCUT2D eigenvalue weighted by atomic mass is 32.2. The highest BCUT2D eigenvalue weighted by Gasteiger charge is 2.23. The molecule has 0 spiro atoms. The highest BCUT2D eigenvalue weighted by molar-refractivity contribution is 7.89. The predicted octanol–water partition coefficient (Wildman–Crippen LogP) is 2.56. The normalized spacial score (nSPS) is 13.0. The van der Waals surface area contributed by atoms with E-state index in [4.69, 9.17) is 9.31 Å². The van der Waals surface area contributed by atoms with E-state index in [0.717, 1.165) is 0 Å². The Morgan fingerprint density at radius 3 is 1.16 bits per heavy atom. The predicted molar refractivity (Wildman–Crippen MR) is 121 cm³/mol. The van der Waals surface area contributed by atoms with Gasteiger partial charge in [-0.3, -0.25) is 0 Å². The van der Waals surface area contributed by atoms with Crippen molar-refractivity contribution in [1.82, 2.24) is 9.44 Å². The Kier molecular flexibility index (Phi) is 7.47. The van der Waals surface area contributed by atoms with Crippen LogP contribution in [0.4, 0.5) is 0 Å². The molecule has 11 heteroatoms. The molecule has 31 heavy (non-hydrogen) atoms. The van der Waals surface area contributed by atoms with Crippen LogP contribution in [0.5, 0.6) is 11.5 Å². The van der Waals surface area contributed by atoms with Crippen LogP contribution in [-0.4, -0.2) is 35.6 Å². The number of sulfonamides is 2. The maximum atomic E-state index is 12.3. The average molecular weight is 468 g/mol. The number of benzene rings is 2. The summed E-state index contributed by atoms with van der Waals surface area (Å²) in [5.74, 6) is 0.867. The third-order valence-corrected chi connectivity index (χ3v) is 7.15. The Bertz CT molecular complexity index is 997. The lowest BCUT2D eigenvalue weighted by molar-refractivity contribution is 0.458. The molecule has 0 aliphatic carbocycles. The summed E-state index contributed by atoms with van der Waals surface area (Å²) in [6.45, 7) is 10.6. The highest BCUT2D eigenvalue weighted by Crippen LogP contribution is 2.19. The van der Waals surface area contributed by atoms with Gasteiger partial charge in [-0.25, -0.2) is 26.3 Å². The van der Waals surface area contributed by atoms with Gasteiger partial charge in [0, 0.05) is 11.1 Å². The van der Waals surface area contributed by atoms with E-state index in [1.165, 1.54) is 48.5 Å². The Morgan fingerprint density at radius 2 is 0.903 bits per heavy atom. The molecule has 0 bridgehead atoms. The van der Waals surface area contributed by atoms with Crippen LogP contribution in [0.2, 0.25) is 0 Å². The van der Waals surface area contributed by atoms with E-state index < -0.39 is 31.1 Å². The van der Waals surface area contributed by atoms with Crippen LogP contribution in [0.1, 0.15) is 41.5 Å². The zero-order chi connectivity index (χ0) is 23.5. The van der Waals surface area contributed by atoms with E-state index in [0.29, 0.717) is 11.5 Å². The third kappa shape index (κ3) is 8.17. The van der Waals surface area contributed by atoms with Gasteiger partial charge < -0.3 is 9.31 Å². The van der Waals surface area contributed by atoms with Gasteiger partial charge in [-0.2, -0.15) is 0 Å². The van der Waals surface area contributed by atoms with Crippen molar-refractivity contribution in [1.29, 1.82) is 0 Å². The second-order valence-corrected chi connectivity index (χ2v) is 12.4. The zero-order valence-electron chi connectivity index (χ0n) is 18.6. The molecule has 0 saturated carbocycles. The number of hydrogen-bond donors (Lipinski definition) is 2. The van der Waals surface area contributed by atoms with Crippen molar-refractivity contribution in [2.45, 2.75) is 62.4 Å². The van der Waals surface area contributed by atoms with E-state index in [-0.39, 0.29) is 17.5 Å². The van der Waals surface area contributed by atoms with Gasteiger partial charge in [-0.05, 0) is 90.1 Å². The van der Waals surface area contributed by atoms with Gasteiger partial charge in [0.25, 0.3) is 0 Å². The lowest BCUT2D eigenvalue weighted by Crippen LogP contribution is -2.40. The van der Waals surface area contributed by atoms with Gasteiger partial charge in [0.05, 0.1) is 9.79 Å². The Hall–Kier alpha value is -2.08. The molecule has 2 rings (SSSR count). The molecule has 0 aromatic heterocycles. The summed E-state index contributed by atoms with van der Waals surface area (Å²) < 4.78 is 65.3. The van der Waals surface area contributed by atoms with Crippen LogP contribution < -0.4 is 18.8 Å². The van der Waals surface area contributed by atoms with Gasteiger partial charge in [0.15, 0.2) is 0 Å². The first kappa shape index (κ1) is 25.2. The van der Waals surface area contributed by atoms with Crippen LogP contribution in [-0.2, 0) is 20.0 Å². The summed E-state index contributed by atoms with van der Waals surface area (Å²) in [6.07, 6.45) is 0. The monoisotopic (exact) mass is 468 g/mol. The Morgan fingerprint density at radius 1 is 0.613 bits per heavy atom. The van der Waals surface area contributed by atoms with E-state index in [1.807, 2.05) is 0 Å². The Balaban J connectivity index is 1.94. The minimum atomic E-state index is -3.62. The molecular formula is C20H29BN2O6S2. The molecule has 0 saturated heterocycles. The quantitative estimate of drug-likeness (QED) is 0.577. The zero-order valence-corrected chi connectivity index (χ0v) is 20.2. The topological polar surface area (TPSA) is 111 Å². The van der Waals surface area contributed by atoms with Gasteiger partial charge in [0.1, 0.15) is 11.5 Å². The van der Waals surface area contributed by atoms with Crippen LogP contribution in [0.15, 0.2) is 58.3 Å². The number of rotatable bonds is 8. The maximum Gasteiger partial charge on any atom is 0.576 e. The fourth-order valence-corrected chi connectivity index (χ4v) is 5.36. The van der Waals surface area contributed by atoms with Gasteiger partial charge in [-0.1, -0.05) is 0 Å². The van der Waals surface area contributed by atoms with Crippen molar-refractivity contribution in [3.05, 3.63) is 48.5 Å². The van der Waals surface area contributed by atoms with Crippen molar-refractivity contribution < 1.29 is 26.1 Å². The first-order valence-corrected chi connectivity index (χ1v) is 12.6. The lowest BCUT2D eigenvalue weighted by Gasteiger charge is -2.20. The van der Waals surface area contributed by atoms with Crippen molar-refractivity contribution in [3.8, 4) is 11.5 Å². The minimum absolute atomic E-state index is 0.126. The summed E-state index contributed by atoms with van der Waals surface area (Å²) in [6, 6.07) is 11.9. The van der Waals surface area contributed by atoms with E-state index in [2.05, 4.69) is 9.44 Å². The van der Waals surface area contributed by atoms with Crippen LogP contribution in [0, 0.1) is 0 Å². The molecule has 0 atom stereocenters. The molecule has 0 aliphatic heterocycles. The van der Waals surface area contributed by atoms with Gasteiger partial charge >= 0.3 is 7.69 Å². The van der Waals surface area contributed by atoms with Crippen LogP contribution >= 0.6 is 0 Å². The summed E-state index contributed by atoms with van der Waals surface area (Å²) in [5, 5.41) is 0. The van der Waals surface area contributed by atoms with Gasteiger partial charge in [0.2, 0.25) is 20.0 Å². The van der Waals surface area contributed by atoms with Gasteiger partial charge in [-0.15, -0.1) is 0 Å². The van der Waals surface area contributed by atoms with Crippen LogP contribution in [0.3, 0.4) is 0 Å². The second-order valence-electron chi connectivity index (χ2n) is 9.06. The average Bonchev–Trinajstić information content (AvgIpc) is 2.58. The van der Waals surface area contributed by atoms with E-state index in [9.17, 15) is 16.8 Å². The molecule has 8 nitrogen and oxygen atoms in total. The molecule has 2 aromatic rings. The Labute approximate surface area is 185 Å². The smallest absolute Gasteiger partial charge is 0.529 e. The molecule has 0 amide bonds. The SMILES string of the molecule is CC(C)(C)NS(=O)(=O)c1ccc(OBOc2ccc(S(=O)(=O)NC(C)(C)C)cc2)cc1.